The van der Waals surface area contributed by atoms with Crippen LogP contribution in [0.5, 0.6) is 0 Å². The minimum absolute atomic E-state index is 0.543. The quantitative estimate of drug-likeness (QED) is 0.329. The molecule has 0 bridgehead atoms. The van der Waals surface area contributed by atoms with E-state index in [1.807, 2.05) is 13.8 Å². The van der Waals surface area contributed by atoms with Gasteiger partial charge >= 0.3 is 0 Å². The Bertz CT molecular complexity index is 190. The van der Waals surface area contributed by atoms with Crippen molar-refractivity contribution >= 4 is 0 Å². The molecule has 154 valence electrons. The Balaban J connectivity index is 0. The Morgan fingerprint density at radius 3 is 1.04 bits per heavy atom. The standard InChI is InChI=1S/C16H35NO6.C2H6/c1-2-3-5-18-7-9-20-11-13-22-15-16-23-14-12-21-10-8-19-6-4-17;1-2/h2-17H2,1H3;1-2H3. The maximum absolute atomic E-state index is 5.39. The fourth-order valence-electron chi connectivity index (χ4n) is 1.53. The van der Waals surface area contributed by atoms with E-state index in [0.29, 0.717) is 79.2 Å². The molecule has 7 heteroatoms. The number of hydrogen-bond donors (Lipinski definition) is 1. The first-order valence-corrected chi connectivity index (χ1v) is 9.58. The molecule has 0 saturated heterocycles. The molecule has 0 atom stereocenters. The fraction of sp³-hybridized carbons (Fsp3) is 1.00. The summed E-state index contributed by atoms with van der Waals surface area (Å²) in [6.07, 6.45) is 2.27. The van der Waals surface area contributed by atoms with Crippen molar-refractivity contribution in [2.45, 2.75) is 33.6 Å². The number of hydrogen-bond acceptors (Lipinski definition) is 7. The Kier molecular flexibility index (Phi) is 30.7. The second-order valence-corrected chi connectivity index (χ2v) is 4.82. The van der Waals surface area contributed by atoms with E-state index in [1.165, 1.54) is 0 Å². The minimum Gasteiger partial charge on any atom is -0.379 e. The largest absolute Gasteiger partial charge is 0.379 e. The Morgan fingerprint density at radius 1 is 0.480 bits per heavy atom. The zero-order valence-electron chi connectivity index (χ0n) is 16.6. The highest BCUT2D eigenvalue weighted by Crippen LogP contribution is 1.88. The number of rotatable bonds is 20. The predicted molar refractivity (Wildman–Crippen MR) is 100 cm³/mol. The molecule has 0 spiro atoms. The van der Waals surface area contributed by atoms with Crippen molar-refractivity contribution in [2.75, 3.05) is 85.8 Å². The van der Waals surface area contributed by atoms with Gasteiger partial charge in [0.25, 0.3) is 0 Å². The van der Waals surface area contributed by atoms with Crippen molar-refractivity contribution in [3.05, 3.63) is 0 Å². The SMILES string of the molecule is CC.CCCCOCCOCCOCCOCCOCCOCCN. The molecule has 0 rings (SSSR count). The molecule has 0 radical (unpaired) electrons. The van der Waals surface area contributed by atoms with Gasteiger partial charge in [-0.05, 0) is 6.42 Å². The third kappa shape index (κ3) is 28.8. The molecular weight excluding hydrogens is 326 g/mol. The third-order valence-corrected chi connectivity index (χ3v) is 2.76. The van der Waals surface area contributed by atoms with Gasteiger partial charge in [0, 0.05) is 13.2 Å². The Hall–Kier alpha value is -0.280. The van der Waals surface area contributed by atoms with E-state index in [1.54, 1.807) is 0 Å². The fourth-order valence-corrected chi connectivity index (χ4v) is 1.53. The van der Waals surface area contributed by atoms with E-state index < -0.39 is 0 Å². The van der Waals surface area contributed by atoms with Gasteiger partial charge in [0.2, 0.25) is 0 Å². The summed E-state index contributed by atoms with van der Waals surface area (Å²) in [7, 11) is 0. The molecule has 0 heterocycles. The van der Waals surface area contributed by atoms with Crippen molar-refractivity contribution in [2.24, 2.45) is 5.73 Å². The smallest absolute Gasteiger partial charge is 0.0701 e. The van der Waals surface area contributed by atoms with Crippen LogP contribution >= 0.6 is 0 Å². The molecule has 0 fully saturated rings. The second-order valence-electron chi connectivity index (χ2n) is 4.82. The van der Waals surface area contributed by atoms with Gasteiger partial charge in [-0.15, -0.1) is 0 Å². The zero-order chi connectivity index (χ0) is 18.8. The summed E-state index contributed by atoms with van der Waals surface area (Å²) >= 11 is 0. The van der Waals surface area contributed by atoms with Crippen molar-refractivity contribution in [1.82, 2.24) is 0 Å². The van der Waals surface area contributed by atoms with E-state index in [9.17, 15) is 0 Å². The van der Waals surface area contributed by atoms with Crippen molar-refractivity contribution in [3.63, 3.8) is 0 Å². The van der Waals surface area contributed by atoms with Gasteiger partial charge < -0.3 is 34.2 Å². The molecule has 0 aliphatic heterocycles. The van der Waals surface area contributed by atoms with Crippen LogP contribution < -0.4 is 5.73 Å². The lowest BCUT2D eigenvalue weighted by atomic mass is 10.4. The first-order chi connectivity index (χ1) is 12.4. The molecule has 0 aliphatic carbocycles. The van der Waals surface area contributed by atoms with Gasteiger partial charge in [0.05, 0.1) is 72.7 Å². The summed E-state index contributed by atoms with van der Waals surface area (Å²) < 4.78 is 32.0. The van der Waals surface area contributed by atoms with Crippen LogP contribution in [0.25, 0.3) is 0 Å². The van der Waals surface area contributed by atoms with E-state index >= 15 is 0 Å². The highest BCUT2D eigenvalue weighted by Gasteiger charge is 1.93. The highest BCUT2D eigenvalue weighted by molar-refractivity contribution is 4.37. The molecule has 25 heavy (non-hydrogen) atoms. The van der Waals surface area contributed by atoms with E-state index in [-0.39, 0.29) is 0 Å². The molecule has 0 aromatic rings. The van der Waals surface area contributed by atoms with Gasteiger partial charge in [-0.1, -0.05) is 27.2 Å². The normalized spacial score (nSPS) is 10.6. The average Bonchev–Trinajstić information content (AvgIpc) is 2.65. The van der Waals surface area contributed by atoms with Crippen LogP contribution in [-0.2, 0) is 28.4 Å². The topological polar surface area (TPSA) is 81.4 Å². The van der Waals surface area contributed by atoms with Crippen molar-refractivity contribution < 1.29 is 28.4 Å². The lowest BCUT2D eigenvalue weighted by Gasteiger charge is -2.08. The van der Waals surface area contributed by atoms with Crippen LogP contribution in [0.4, 0.5) is 0 Å². The van der Waals surface area contributed by atoms with Gasteiger partial charge in [-0.25, -0.2) is 0 Å². The monoisotopic (exact) mass is 367 g/mol. The lowest BCUT2D eigenvalue weighted by molar-refractivity contribution is -0.0164. The van der Waals surface area contributed by atoms with Gasteiger partial charge in [0.15, 0.2) is 0 Å². The average molecular weight is 368 g/mol. The van der Waals surface area contributed by atoms with Crippen LogP contribution in [0, 0.1) is 0 Å². The molecule has 0 saturated carbocycles. The molecule has 0 aromatic carbocycles. The third-order valence-electron chi connectivity index (χ3n) is 2.76. The summed E-state index contributed by atoms with van der Waals surface area (Å²) in [6.45, 7) is 13.9. The highest BCUT2D eigenvalue weighted by atomic mass is 16.6. The maximum atomic E-state index is 5.39. The summed E-state index contributed by atoms with van der Waals surface area (Å²) in [5.41, 5.74) is 5.29. The summed E-state index contributed by atoms with van der Waals surface area (Å²) in [4.78, 5) is 0. The van der Waals surface area contributed by atoms with E-state index in [0.717, 1.165) is 19.4 Å². The van der Waals surface area contributed by atoms with Crippen LogP contribution in [0.3, 0.4) is 0 Å². The van der Waals surface area contributed by atoms with E-state index in [2.05, 4.69) is 6.92 Å². The molecule has 0 aliphatic rings. The maximum Gasteiger partial charge on any atom is 0.0701 e. The zero-order valence-corrected chi connectivity index (χ0v) is 16.6. The minimum atomic E-state index is 0.543. The molecular formula is C18H41NO6. The van der Waals surface area contributed by atoms with Crippen LogP contribution in [0.2, 0.25) is 0 Å². The molecule has 0 aromatic heterocycles. The van der Waals surface area contributed by atoms with Crippen LogP contribution in [-0.4, -0.2) is 85.8 Å². The Morgan fingerprint density at radius 2 is 0.760 bits per heavy atom. The first kappa shape index (κ1) is 26.9. The van der Waals surface area contributed by atoms with Gasteiger partial charge in [-0.2, -0.15) is 0 Å². The Labute approximate surface area is 154 Å². The van der Waals surface area contributed by atoms with E-state index in [4.69, 9.17) is 34.2 Å². The van der Waals surface area contributed by atoms with Gasteiger partial charge in [0.1, 0.15) is 0 Å². The summed E-state index contributed by atoms with van der Waals surface area (Å²) in [5.74, 6) is 0. The summed E-state index contributed by atoms with van der Waals surface area (Å²) in [5, 5.41) is 0. The number of nitrogens with two attached hydrogens (primary N) is 1. The predicted octanol–water partition coefficient (Wildman–Crippen LogP) is 1.87. The summed E-state index contributed by atoms with van der Waals surface area (Å²) in [6, 6.07) is 0. The van der Waals surface area contributed by atoms with Crippen molar-refractivity contribution in [1.29, 1.82) is 0 Å². The van der Waals surface area contributed by atoms with Crippen LogP contribution in [0.1, 0.15) is 33.6 Å². The number of ether oxygens (including phenoxy) is 6. The molecule has 0 unspecified atom stereocenters. The number of unbranched alkanes of at least 4 members (excludes halogenated alkanes) is 1. The van der Waals surface area contributed by atoms with Gasteiger partial charge in [-0.3, -0.25) is 0 Å². The molecule has 2 N–H and O–H groups in total. The van der Waals surface area contributed by atoms with Crippen molar-refractivity contribution in [3.8, 4) is 0 Å². The lowest BCUT2D eigenvalue weighted by Crippen LogP contribution is -2.15. The molecule has 7 nitrogen and oxygen atoms in total. The van der Waals surface area contributed by atoms with Crippen LogP contribution in [0.15, 0.2) is 0 Å². The molecule has 0 amide bonds. The second kappa shape index (κ2) is 28.5. The first-order valence-electron chi connectivity index (χ1n) is 9.58.